The highest BCUT2D eigenvalue weighted by Crippen LogP contribution is 2.28. The summed E-state index contributed by atoms with van der Waals surface area (Å²) in [6, 6.07) is -0.684. The van der Waals surface area contributed by atoms with Gasteiger partial charge in [-0.05, 0) is 12.8 Å². The van der Waals surface area contributed by atoms with Gasteiger partial charge >= 0.3 is 0 Å². The highest BCUT2D eigenvalue weighted by atomic mass is 16.2. The second-order valence-corrected chi connectivity index (χ2v) is 4.86. The third-order valence-electron chi connectivity index (χ3n) is 3.36. The van der Waals surface area contributed by atoms with Crippen LogP contribution in [-0.4, -0.2) is 35.1 Å². The third-order valence-corrected chi connectivity index (χ3v) is 3.36. The normalized spacial score (nSPS) is 26.8. The SMILES string of the molecule is CCN1C(=O)[C@@H](C(=O)[C@@H](N)C(C)C)[C@H](C)C1=O. The van der Waals surface area contributed by atoms with E-state index in [1.54, 1.807) is 13.8 Å². The summed E-state index contributed by atoms with van der Waals surface area (Å²) in [5.41, 5.74) is 5.77. The van der Waals surface area contributed by atoms with Gasteiger partial charge in [-0.15, -0.1) is 0 Å². The van der Waals surface area contributed by atoms with Crippen molar-refractivity contribution in [2.45, 2.75) is 33.7 Å². The standard InChI is InChI=1S/C12H20N2O3/c1-5-14-11(16)7(4)8(12(14)17)10(15)9(13)6(2)3/h6-9H,5,13H2,1-4H3/t7-,8+,9-/m0/s1. The molecule has 0 aromatic carbocycles. The fraction of sp³-hybridized carbons (Fsp3) is 0.750. The van der Waals surface area contributed by atoms with Gasteiger partial charge in [0.1, 0.15) is 5.92 Å². The zero-order valence-corrected chi connectivity index (χ0v) is 10.8. The number of carbonyl (C=O) groups excluding carboxylic acids is 3. The molecule has 0 aliphatic carbocycles. The molecule has 1 aliphatic heterocycles. The molecule has 2 amide bonds. The number of ketones is 1. The first-order valence-corrected chi connectivity index (χ1v) is 5.97. The lowest BCUT2D eigenvalue weighted by atomic mass is 9.85. The molecule has 0 bridgehead atoms. The van der Waals surface area contributed by atoms with E-state index < -0.39 is 23.8 Å². The first-order chi connectivity index (χ1) is 7.82. The van der Waals surface area contributed by atoms with Crippen LogP contribution in [-0.2, 0) is 14.4 Å². The summed E-state index contributed by atoms with van der Waals surface area (Å²) in [7, 11) is 0. The van der Waals surface area contributed by atoms with Crippen LogP contribution in [0.3, 0.4) is 0 Å². The Labute approximate surface area is 101 Å². The zero-order chi connectivity index (χ0) is 13.3. The fourth-order valence-electron chi connectivity index (χ4n) is 2.09. The van der Waals surface area contributed by atoms with Crippen LogP contribution in [0.25, 0.3) is 0 Å². The topological polar surface area (TPSA) is 80.5 Å². The van der Waals surface area contributed by atoms with Gasteiger partial charge in [-0.1, -0.05) is 20.8 Å². The molecule has 5 heteroatoms. The Morgan fingerprint density at radius 2 is 1.88 bits per heavy atom. The van der Waals surface area contributed by atoms with Crippen LogP contribution in [0.15, 0.2) is 0 Å². The Bertz CT molecular complexity index is 352. The predicted molar refractivity (Wildman–Crippen MR) is 62.9 cm³/mol. The van der Waals surface area contributed by atoms with Crippen molar-refractivity contribution in [1.82, 2.24) is 4.90 Å². The highest BCUT2D eigenvalue weighted by Gasteiger charge is 2.49. The number of Topliss-reactive ketones (excluding diaryl/α,β-unsaturated/α-hetero) is 1. The van der Waals surface area contributed by atoms with E-state index in [2.05, 4.69) is 0 Å². The van der Waals surface area contributed by atoms with Gasteiger partial charge in [0.15, 0.2) is 5.78 Å². The summed E-state index contributed by atoms with van der Waals surface area (Å²) in [5.74, 6) is -2.49. The highest BCUT2D eigenvalue weighted by molar-refractivity contribution is 6.16. The van der Waals surface area contributed by atoms with Gasteiger partial charge in [0.25, 0.3) is 0 Å². The molecule has 0 radical (unpaired) electrons. The summed E-state index contributed by atoms with van der Waals surface area (Å²) < 4.78 is 0. The molecule has 96 valence electrons. The lowest BCUT2D eigenvalue weighted by molar-refractivity contribution is -0.140. The van der Waals surface area contributed by atoms with Crippen molar-refractivity contribution in [2.75, 3.05) is 6.54 Å². The van der Waals surface area contributed by atoms with Crippen LogP contribution in [0.4, 0.5) is 0 Å². The molecule has 1 heterocycles. The minimum atomic E-state index is -0.889. The predicted octanol–water partition coefficient (Wildman–Crippen LogP) is 0.180. The smallest absolute Gasteiger partial charge is 0.240 e. The Kier molecular flexibility index (Phi) is 4.03. The largest absolute Gasteiger partial charge is 0.321 e. The Balaban J connectivity index is 2.96. The molecule has 2 N–H and O–H groups in total. The number of hydrogen-bond acceptors (Lipinski definition) is 4. The lowest BCUT2D eigenvalue weighted by Crippen LogP contribution is -2.43. The number of rotatable bonds is 4. The minimum Gasteiger partial charge on any atom is -0.321 e. The fourth-order valence-corrected chi connectivity index (χ4v) is 2.09. The molecule has 0 aromatic rings. The van der Waals surface area contributed by atoms with E-state index in [9.17, 15) is 14.4 Å². The van der Waals surface area contributed by atoms with Gasteiger partial charge in [0, 0.05) is 6.54 Å². The average molecular weight is 240 g/mol. The van der Waals surface area contributed by atoms with Crippen molar-refractivity contribution in [3.63, 3.8) is 0 Å². The number of likely N-dealkylation sites (tertiary alicyclic amines) is 1. The molecule has 0 unspecified atom stereocenters. The Morgan fingerprint density at radius 3 is 2.24 bits per heavy atom. The van der Waals surface area contributed by atoms with Crippen molar-refractivity contribution >= 4 is 17.6 Å². The molecule has 3 atom stereocenters. The molecule has 1 fully saturated rings. The second-order valence-electron chi connectivity index (χ2n) is 4.86. The first-order valence-electron chi connectivity index (χ1n) is 5.97. The van der Waals surface area contributed by atoms with Crippen molar-refractivity contribution in [2.24, 2.45) is 23.5 Å². The number of imide groups is 1. The third kappa shape index (κ3) is 2.24. The van der Waals surface area contributed by atoms with Crippen LogP contribution >= 0.6 is 0 Å². The maximum atomic E-state index is 12.1. The molecule has 0 saturated carbocycles. The van der Waals surface area contributed by atoms with Gasteiger partial charge in [-0.25, -0.2) is 0 Å². The van der Waals surface area contributed by atoms with Crippen LogP contribution in [0.5, 0.6) is 0 Å². The van der Waals surface area contributed by atoms with E-state index >= 15 is 0 Å². The quantitative estimate of drug-likeness (QED) is 0.561. The van der Waals surface area contributed by atoms with Gasteiger partial charge in [-0.3, -0.25) is 19.3 Å². The molecular weight excluding hydrogens is 220 g/mol. The summed E-state index contributed by atoms with van der Waals surface area (Å²) >= 11 is 0. The Morgan fingerprint density at radius 1 is 1.35 bits per heavy atom. The number of amides is 2. The van der Waals surface area contributed by atoms with E-state index in [0.29, 0.717) is 6.54 Å². The van der Waals surface area contributed by atoms with Gasteiger partial charge in [-0.2, -0.15) is 0 Å². The lowest BCUT2D eigenvalue weighted by Gasteiger charge is -2.19. The van der Waals surface area contributed by atoms with Crippen molar-refractivity contribution in [1.29, 1.82) is 0 Å². The number of hydrogen-bond donors (Lipinski definition) is 1. The van der Waals surface area contributed by atoms with Crippen LogP contribution in [0, 0.1) is 17.8 Å². The van der Waals surface area contributed by atoms with Crippen LogP contribution < -0.4 is 5.73 Å². The molecule has 5 nitrogen and oxygen atoms in total. The molecular formula is C12H20N2O3. The van der Waals surface area contributed by atoms with Crippen molar-refractivity contribution in [3.05, 3.63) is 0 Å². The van der Waals surface area contributed by atoms with E-state index in [1.807, 2.05) is 13.8 Å². The maximum absolute atomic E-state index is 12.1. The molecule has 0 aromatic heterocycles. The molecule has 1 aliphatic rings. The average Bonchev–Trinajstić information content (AvgIpc) is 2.48. The van der Waals surface area contributed by atoms with E-state index in [4.69, 9.17) is 5.73 Å². The second kappa shape index (κ2) is 4.96. The van der Waals surface area contributed by atoms with Gasteiger partial charge < -0.3 is 5.73 Å². The molecule has 0 spiro atoms. The maximum Gasteiger partial charge on any atom is 0.240 e. The summed E-state index contributed by atoms with van der Waals surface area (Å²) in [6.45, 7) is 7.30. The van der Waals surface area contributed by atoms with Crippen LogP contribution in [0.1, 0.15) is 27.7 Å². The van der Waals surface area contributed by atoms with E-state index in [-0.39, 0.29) is 17.6 Å². The monoisotopic (exact) mass is 240 g/mol. The van der Waals surface area contributed by atoms with E-state index in [0.717, 1.165) is 4.90 Å². The number of nitrogens with two attached hydrogens (primary N) is 1. The van der Waals surface area contributed by atoms with Crippen LogP contribution in [0.2, 0.25) is 0 Å². The number of nitrogens with zero attached hydrogens (tertiary/aromatic N) is 1. The zero-order valence-electron chi connectivity index (χ0n) is 10.8. The van der Waals surface area contributed by atoms with Crippen molar-refractivity contribution < 1.29 is 14.4 Å². The minimum absolute atomic E-state index is 0.0340. The van der Waals surface area contributed by atoms with Gasteiger partial charge in [0.05, 0.1) is 12.0 Å². The van der Waals surface area contributed by atoms with Gasteiger partial charge in [0.2, 0.25) is 11.8 Å². The Hall–Kier alpha value is -1.23. The molecule has 17 heavy (non-hydrogen) atoms. The van der Waals surface area contributed by atoms with Crippen molar-refractivity contribution in [3.8, 4) is 0 Å². The molecule has 1 saturated heterocycles. The summed E-state index contributed by atoms with van der Waals surface area (Å²) in [6.07, 6.45) is 0. The first kappa shape index (κ1) is 13.8. The summed E-state index contributed by atoms with van der Waals surface area (Å²) in [5, 5.41) is 0. The number of carbonyl (C=O) groups is 3. The molecule has 1 rings (SSSR count). The summed E-state index contributed by atoms with van der Waals surface area (Å²) in [4.78, 5) is 36.9. The van der Waals surface area contributed by atoms with E-state index in [1.165, 1.54) is 0 Å².